The summed E-state index contributed by atoms with van der Waals surface area (Å²) < 4.78 is 15.3. The molecule has 0 bridgehead atoms. The van der Waals surface area contributed by atoms with Crippen molar-refractivity contribution in [1.29, 1.82) is 0 Å². The lowest BCUT2D eigenvalue weighted by atomic mass is 10.2. The van der Waals surface area contributed by atoms with Crippen molar-refractivity contribution in [3.05, 3.63) is 46.2 Å². The molecule has 28 heavy (non-hydrogen) atoms. The molecule has 0 atom stereocenters. The van der Waals surface area contributed by atoms with Crippen molar-refractivity contribution >= 4 is 23.2 Å². The van der Waals surface area contributed by atoms with Crippen LogP contribution in [0, 0.1) is 0 Å². The fourth-order valence-electron chi connectivity index (χ4n) is 2.67. The molecule has 1 heterocycles. The number of nitrogens with zero attached hydrogens (tertiary/aromatic N) is 1. The van der Waals surface area contributed by atoms with Crippen LogP contribution in [0.1, 0.15) is 10.4 Å². The number of methoxy groups -OCH3 is 3. The average molecular weight is 407 g/mol. The molecule has 0 aliphatic carbocycles. The summed E-state index contributed by atoms with van der Waals surface area (Å²) in [6, 6.07) is 9.49. The summed E-state index contributed by atoms with van der Waals surface area (Å²) in [5.74, 6) is 0.747. The minimum absolute atomic E-state index is 0.00830. The van der Waals surface area contributed by atoms with E-state index in [1.165, 1.54) is 12.0 Å². The van der Waals surface area contributed by atoms with E-state index in [-0.39, 0.29) is 19.0 Å². The van der Waals surface area contributed by atoms with Gasteiger partial charge in [-0.05, 0) is 35.6 Å². The molecule has 1 N–H and O–H groups in total. The number of hydrogen-bond acceptors (Lipinski definition) is 7. The van der Waals surface area contributed by atoms with Crippen LogP contribution in [0.25, 0.3) is 0 Å². The molecule has 8 heteroatoms. The molecule has 2 aromatic rings. The van der Waals surface area contributed by atoms with Crippen molar-refractivity contribution in [2.75, 3.05) is 41.0 Å². The fraction of sp³-hybridized carbons (Fsp3) is 0.400. The van der Waals surface area contributed by atoms with E-state index in [4.69, 9.17) is 14.2 Å². The van der Waals surface area contributed by atoms with Crippen molar-refractivity contribution in [2.24, 2.45) is 0 Å². The summed E-state index contributed by atoms with van der Waals surface area (Å²) in [6.07, 6.45) is 0.785. The van der Waals surface area contributed by atoms with E-state index in [1.54, 1.807) is 36.5 Å². The van der Waals surface area contributed by atoms with Crippen molar-refractivity contribution in [2.45, 2.75) is 13.0 Å². The first-order valence-corrected chi connectivity index (χ1v) is 9.72. The predicted octanol–water partition coefficient (Wildman–Crippen LogP) is 2.10. The van der Waals surface area contributed by atoms with Gasteiger partial charge in [-0.15, -0.1) is 11.3 Å². The Hall–Kier alpha value is -2.58. The molecule has 0 fully saturated rings. The minimum atomic E-state index is -0.402. The topological polar surface area (TPSA) is 77.1 Å². The molecule has 1 aromatic heterocycles. The summed E-state index contributed by atoms with van der Waals surface area (Å²) in [5, 5.41) is 4.91. The number of benzene rings is 1. The highest BCUT2D eigenvalue weighted by molar-refractivity contribution is 7.09. The van der Waals surface area contributed by atoms with Gasteiger partial charge in [-0.3, -0.25) is 14.5 Å². The van der Waals surface area contributed by atoms with E-state index in [1.807, 2.05) is 29.6 Å². The molecule has 0 spiro atoms. The Morgan fingerprint density at radius 1 is 1.07 bits per heavy atom. The molecule has 152 valence electrons. The van der Waals surface area contributed by atoms with Gasteiger partial charge in [0.15, 0.2) is 0 Å². The van der Waals surface area contributed by atoms with Crippen molar-refractivity contribution in [3.8, 4) is 11.5 Å². The Morgan fingerprint density at radius 2 is 1.79 bits per heavy atom. The van der Waals surface area contributed by atoms with E-state index in [9.17, 15) is 9.59 Å². The molecule has 0 radical (unpaired) electrons. The molecule has 1 amide bonds. The lowest BCUT2D eigenvalue weighted by molar-refractivity contribution is -0.142. The van der Waals surface area contributed by atoms with E-state index in [0.717, 1.165) is 12.0 Å². The monoisotopic (exact) mass is 406 g/mol. The molecule has 0 saturated heterocycles. The van der Waals surface area contributed by atoms with Gasteiger partial charge in [0.05, 0.1) is 34.4 Å². The number of esters is 1. The van der Waals surface area contributed by atoms with Crippen molar-refractivity contribution < 1.29 is 23.8 Å². The minimum Gasteiger partial charge on any atom is -0.497 e. The summed E-state index contributed by atoms with van der Waals surface area (Å²) >= 11 is 1.66. The third-order valence-electron chi connectivity index (χ3n) is 4.04. The predicted molar refractivity (Wildman–Crippen MR) is 108 cm³/mol. The van der Waals surface area contributed by atoms with E-state index >= 15 is 0 Å². The standard InChI is InChI=1S/C20H26N2O5S/c1-25-16-9-15(10-17(11-16)26-2)12-22(14-20(24)27-3)13-19(23)21-7-6-18-5-4-8-28-18/h4-5,8-11H,6-7,12-14H2,1-3H3,(H,21,23). The second-order valence-corrected chi connectivity index (χ2v) is 7.15. The molecule has 2 rings (SSSR count). The van der Waals surface area contributed by atoms with Crippen LogP contribution < -0.4 is 14.8 Å². The van der Waals surface area contributed by atoms with Gasteiger partial charge in [-0.1, -0.05) is 6.07 Å². The molecule has 0 aliphatic heterocycles. The van der Waals surface area contributed by atoms with Crippen LogP contribution in [-0.2, 0) is 27.3 Å². The Kier molecular flexibility index (Phi) is 8.77. The van der Waals surface area contributed by atoms with E-state index < -0.39 is 5.97 Å². The number of thiophene rings is 1. The summed E-state index contributed by atoms with van der Waals surface area (Å²) in [7, 11) is 4.48. The average Bonchev–Trinajstić information content (AvgIpc) is 3.20. The first kappa shape index (κ1) is 21.7. The van der Waals surface area contributed by atoms with Gasteiger partial charge in [0.25, 0.3) is 0 Å². The SMILES string of the molecule is COC(=O)CN(CC(=O)NCCc1cccs1)Cc1cc(OC)cc(OC)c1. The van der Waals surface area contributed by atoms with Gasteiger partial charge in [-0.25, -0.2) is 0 Å². The molecule has 1 aromatic carbocycles. The maximum absolute atomic E-state index is 12.3. The zero-order valence-corrected chi connectivity index (χ0v) is 17.2. The van der Waals surface area contributed by atoms with Crippen LogP contribution in [0.2, 0.25) is 0 Å². The highest BCUT2D eigenvalue weighted by atomic mass is 32.1. The van der Waals surface area contributed by atoms with E-state index in [2.05, 4.69) is 5.32 Å². The first-order chi connectivity index (χ1) is 13.5. The number of amides is 1. The van der Waals surface area contributed by atoms with Gasteiger partial charge >= 0.3 is 5.97 Å². The molecule has 0 saturated carbocycles. The third-order valence-corrected chi connectivity index (χ3v) is 4.97. The highest BCUT2D eigenvalue weighted by Gasteiger charge is 2.16. The summed E-state index contributed by atoms with van der Waals surface area (Å²) in [4.78, 5) is 27.0. The Morgan fingerprint density at radius 3 is 2.36 bits per heavy atom. The quantitative estimate of drug-likeness (QED) is 0.576. The highest BCUT2D eigenvalue weighted by Crippen LogP contribution is 2.23. The van der Waals surface area contributed by atoms with Crippen LogP contribution in [0.4, 0.5) is 0 Å². The zero-order chi connectivity index (χ0) is 20.4. The maximum Gasteiger partial charge on any atom is 0.319 e. The van der Waals surface area contributed by atoms with Gasteiger partial charge in [0.2, 0.25) is 5.91 Å². The Bertz CT molecular complexity index is 742. The van der Waals surface area contributed by atoms with Crippen molar-refractivity contribution in [1.82, 2.24) is 10.2 Å². The Balaban J connectivity index is 1.98. The maximum atomic E-state index is 12.3. The first-order valence-electron chi connectivity index (χ1n) is 8.84. The molecule has 0 aliphatic rings. The van der Waals surface area contributed by atoms with Gasteiger partial charge in [0.1, 0.15) is 11.5 Å². The lowest BCUT2D eigenvalue weighted by Gasteiger charge is -2.21. The van der Waals surface area contributed by atoms with Crippen molar-refractivity contribution in [3.63, 3.8) is 0 Å². The third kappa shape index (κ3) is 7.21. The van der Waals surface area contributed by atoms with Gasteiger partial charge in [0, 0.05) is 24.0 Å². The molecular formula is C20H26N2O5S. The van der Waals surface area contributed by atoms with Crippen LogP contribution in [0.15, 0.2) is 35.7 Å². The zero-order valence-electron chi connectivity index (χ0n) is 16.4. The number of hydrogen-bond donors (Lipinski definition) is 1. The van der Waals surface area contributed by atoms with Gasteiger partial charge in [-0.2, -0.15) is 0 Å². The van der Waals surface area contributed by atoms with E-state index in [0.29, 0.717) is 24.6 Å². The molecular weight excluding hydrogens is 380 g/mol. The van der Waals surface area contributed by atoms with Gasteiger partial charge < -0.3 is 19.5 Å². The fourth-order valence-corrected chi connectivity index (χ4v) is 3.38. The molecule has 0 unspecified atom stereocenters. The smallest absolute Gasteiger partial charge is 0.319 e. The summed E-state index contributed by atoms with van der Waals surface area (Å²) in [5.41, 5.74) is 0.867. The van der Waals surface area contributed by atoms with Crippen LogP contribution in [0.3, 0.4) is 0 Å². The number of carbonyl (C=O) groups excluding carboxylic acids is 2. The Labute approximate surface area is 169 Å². The van der Waals surface area contributed by atoms with Crippen LogP contribution in [-0.4, -0.2) is 57.7 Å². The lowest BCUT2D eigenvalue weighted by Crippen LogP contribution is -2.40. The second-order valence-electron chi connectivity index (χ2n) is 6.12. The van der Waals surface area contributed by atoms with Crippen LogP contribution >= 0.6 is 11.3 Å². The van der Waals surface area contributed by atoms with Crippen LogP contribution in [0.5, 0.6) is 11.5 Å². The number of carbonyl (C=O) groups is 2. The normalized spacial score (nSPS) is 10.6. The largest absolute Gasteiger partial charge is 0.497 e. The summed E-state index contributed by atoms with van der Waals surface area (Å²) in [6.45, 7) is 1.02. The number of ether oxygens (including phenoxy) is 3. The number of nitrogens with one attached hydrogen (secondary N) is 1. The number of rotatable bonds is 11. The second kappa shape index (κ2) is 11.3. The molecule has 7 nitrogen and oxygen atoms in total.